The number of hydrogen-bond donors (Lipinski definition) is 2. The molecule has 0 aliphatic carbocycles. The fourth-order valence-corrected chi connectivity index (χ4v) is 3.34. The number of nitrogens with zero attached hydrogens (tertiary/aromatic N) is 3. The van der Waals surface area contributed by atoms with Crippen LogP contribution in [0.25, 0.3) is 16.8 Å². The molecule has 8 heteroatoms. The summed E-state index contributed by atoms with van der Waals surface area (Å²) in [7, 11) is 0. The zero-order valence-electron chi connectivity index (χ0n) is 17.5. The second-order valence-corrected chi connectivity index (χ2v) is 7.12. The molecule has 0 aliphatic rings. The van der Waals surface area contributed by atoms with E-state index in [1.165, 1.54) is 19.1 Å². The van der Waals surface area contributed by atoms with Gasteiger partial charge in [0.15, 0.2) is 0 Å². The molecule has 160 valence electrons. The van der Waals surface area contributed by atoms with Gasteiger partial charge in [0.2, 0.25) is 5.91 Å². The summed E-state index contributed by atoms with van der Waals surface area (Å²) in [5.74, 6) is 0.0229. The highest BCUT2D eigenvalue weighted by Gasteiger charge is 2.19. The van der Waals surface area contributed by atoms with Crippen LogP contribution in [0, 0.1) is 12.7 Å². The number of hydrogen-bond acceptors (Lipinski definition) is 4. The Morgan fingerprint density at radius 3 is 2.28 bits per heavy atom. The van der Waals surface area contributed by atoms with Crippen LogP contribution in [0.2, 0.25) is 0 Å². The largest absolute Gasteiger partial charge is 0.310 e. The van der Waals surface area contributed by atoms with E-state index >= 15 is 0 Å². The first-order valence-corrected chi connectivity index (χ1v) is 9.88. The second-order valence-electron chi connectivity index (χ2n) is 7.12. The first kappa shape index (κ1) is 20.9. The number of rotatable bonds is 5. The van der Waals surface area contributed by atoms with Gasteiger partial charge in [0.05, 0.1) is 11.4 Å². The van der Waals surface area contributed by atoms with E-state index in [2.05, 4.69) is 20.7 Å². The van der Waals surface area contributed by atoms with Gasteiger partial charge in [0.1, 0.15) is 17.5 Å². The molecule has 0 fully saturated rings. The number of carbonyl (C=O) groups excluding carboxylic acids is 2. The Morgan fingerprint density at radius 2 is 1.66 bits per heavy atom. The SMILES string of the molecule is CC(=O)Nc1c(-c2ccc(F)cc2)c(C)nn1-c1ccc(C(=O)Nc2ccccn2)cc1. The zero-order valence-corrected chi connectivity index (χ0v) is 17.5. The number of pyridine rings is 1. The molecule has 0 saturated heterocycles. The van der Waals surface area contributed by atoms with Gasteiger partial charge in [-0.1, -0.05) is 18.2 Å². The van der Waals surface area contributed by atoms with Crippen LogP contribution in [0.4, 0.5) is 16.0 Å². The summed E-state index contributed by atoms with van der Waals surface area (Å²) in [6.07, 6.45) is 1.60. The molecule has 0 spiro atoms. The van der Waals surface area contributed by atoms with Gasteiger partial charge in [-0.2, -0.15) is 5.10 Å². The highest BCUT2D eigenvalue weighted by atomic mass is 19.1. The summed E-state index contributed by atoms with van der Waals surface area (Å²) in [6.45, 7) is 3.22. The van der Waals surface area contributed by atoms with E-state index in [1.54, 1.807) is 65.5 Å². The molecule has 2 amide bonds. The average Bonchev–Trinajstić information content (AvgIpc) is 3.10. The van der Waals surface area contributed by atoms with Crippen molar-refractivity contribution in [2.75, 3.05) is 10.6 Å². The minimum absolute atomic E-state index is 0.263. The molecule has 0 radical (unpaired) electrons. The number of carbonyl (C=O) groups is 2. The smallest absolute Gasteiger partial charge is 0.256 e. The summed E-state index contributed by atoms with van der Waals surface area (Å²) in [5, 5.41) is 10.1. The standard InChI is InChI=1S/C24H20FN5O2/c1-15-22(17-6-10-19(25)11-7-17)23(27-16(2)31)30(29-15)20-12-8-18(9-13-20)24(32)28-21-5-3-4-14-26-21/h3-14H,1-2H3,(H,27,31)(H,26,28,32). The molecule has 4 rings (SSSR count). The number of halogens is 1. The highest BCUT2D eigenvalue weighted by Crippen LogP contribution is 2.33. The Balaban J connectivity index is 1.68. The van der Waals surface area contributed by atoms with Crippen LogP contribution in [-0.4, -0.2) is 26.6 Å². The lowest BCUT2D eigenvalue weighted by atomic mass is 10.1. The van der Waals surface area contributed by atoms with E-state index in [9.17, 15) is 14.0 Å². The topological polar surface area (TPSA) is 88.9 Å². The molecule has 7 nitrogen and oxygen atoms in total. The van der Waals surface area contributed by atoms with Crippen molar-refractivity contribution < 1.29 is 14.0 Å². The average molecular weight is 429 g/mol. The lowest BCUT2D eigenvalue weighted by Crippen LogP contribution is -2.14. The van der Waals surface area contributed by atoms with Crippen molar-refractivity contribution in [2.45, 2.75) is 13.8 Å². The zero-order chi connectivity index (χ0) is 22.7. The summed E-state index contributed by atoms with van der Waals surface area (Å²) < 4.78 is 15.0. The van der Waals surface area contributed by atoms with Gasteiger partial charge in [0, 0.05) is 24.2 Å². The number of benzene rings is 2. The number of aryl methyl sites for hydroxylation is 1. The monoisotopic (exact) mass is 429 g/mol. The Morgan fingerprint density at radius 1 is 0.938 bits per heavy atom. The van der Waals surface area contributed by atoms with Gasteiger partial charge in [0.25, 0.3) is 5.91 Å². The van der Waals surface area contributed by atoms with Crippen LogP contribution < -0.4 is 10.6 Å². The molecule has 4 aromatic rings. The van der Waals surface area contributed by atoms with Crippen molar-refractivity contribution in [1.82, 2.24) is 14.8 Å². The number of aromatic nitrogens is 3. The molecule has 0 unspecified atom stereocenters. The molecule has 0 atom stereocenters. The lowest BCUT2D eigenvalue weighted by molar-refractivity contribution is -0.114. The van der Waals surface area contributed by atoms with E-state index < -0.39 is 0 Å². The Kier molecular flexibility index (Phi) is 5.76. The first-order chi connectivity index (χ1) is 15.4. The van der Waals surface area contributed by atoms with Gasteiger partial charge in [-0.05, 0) is 61.0 Å². The van der Waals surface area contributed by atoms with Crippen molar-refractivity contribution in [3.05, 3.63) is 90.0 Å². The Hall–Kier alpha value is -4.33. The first-order valence-electron chi connectivity index (χ1n) is 9.88. The lowest BCUT2D eigenvalue weighted by Gasteiger charge is -2.11. The van der Waals surface area contributed by atoms with Gasteiger partial charge >= 0.3 is 0 Å². The second kappa shape index (κ2) is 8.81. The van der Waals surface area contributed by atoms with Gasteiger partial charge in [-0.15, -0.1) is 0 Å². The van der Waals surface area contributed by atoms with Gasteiger partial charge in [-0.25, -0.2) is 14.1 Å². The summed E-state index contributed by atoms with van der Waals surface area (Å²) in [5.41, 5.74) is 3.18. The molecule has 0 bridgehead atoms. The van der Waals surface area contributed by atoms with Gasteiger partial charge < -0.3 is 10.6 Å². The summed E-state index contributed by atoms with van der Waals surface area (Å²) >= 11 is 0. The minimum atomic E-state index is -0.348. The third-order valence-corrected chi connectivity index (χ3v) is 4.77. The molecule has 2 aromatic carbocycles. The van der Waals surface area contributed by atoms with Crippen molar-refractivity contribution in [3.63, 3.8) is 0 Å². The normalized spacial score (nSPS) is 10.6. The quantitative estimate of drug-likeness (QED) is 0.486. The van der Waals surface area contributed by atoms with E-state index in [4.69, 9.17) is 0 Å². The van der Waals surface area contributed by atoms with Crippen molar-refractivity contribution >= 4 is 23.5 Å². The Labute approximate surface area is 183 Å². The maximum Gasteiger partial charge on any atom is 0.256 e. The van der Waals surface area contributed by atoms with Crippen molar-refractivity contribution in [2.24, 2.45) is 0 Å². The van der Waals surface area contributed by atoms with Crippen LogP contribution in [0.15, 0.2) is 72.9 Å². The molecule has 2 aromatic heterocycles. The third-order valence-electron chi connectivity index (χ3n) is 4.77. The van der Waals surface area contributed by atoms with Gasteiger partial charge in [-0.3, -0.25) is 9.59 Å². The predicted octanol–water partition coefficient (Wildman–Crippen LogP) is 4.59. The maximum absolute atomic E-state index is 13.4. The van der Waals surface area contributed by atoms with Crippen LogP contribution in [0.1, 0.15) is 23.0 Å². The highest BCUT2D eigenvalue weighted by molar-refractivity contribution is 6.03. The predicted molar refractivity (Wildman–Crippen MR) is 120 cm³/mol. The minimum Gasteiger partial charge on any atom is -0.310 e. The molecular formula is C24H20FN5O2. The Bertz CT molecular complexity index is 1270. The van der Waals surface area contributed by atoms with Crippen LogP contribution in [0.5, 0.6) is 0 Å². The fourth-order valence-electron chi connectivity index (χ4n) is 3.34. The van der Waals surface area contributed by atoms with Crippen molar-refractivity contribution in [3.8, 4) is 16.8 Å². The third kappa shape index (κ3) is 4.39. The molecule has 32 heavy (non-hydrogen) atoms. The maximum atomic E-state index is 13.4. The molecular weight excluding hydrogens is 409 g/mol. The summed E-state index contributed by atoms with van der Waals surface area (Å²) in [6, 6.07) is 18.1. The fraction of sp³-hybridized carbons (Fsp3) is 0.0833. The number of anilines is 2. The van der Waals surface area contributed by atoms with Crippen molar-refractivity contribution in [1.29, 1.82) is 0 Å². The number of nitrogens with one attached hydrogen (secondary N) is 2. The molecule has 2 heterocycles. The summed E-state index contributed by atoms with van der Waals surface area (Å²) in [4.78, 5) is 28.5. The molecule has 2 N–H and O–H groups in total. The molecule has 0 aliphatic heterocycles. The van der Waals surface area contributed by atoms with Crippen LogP contribution in [-0.2, 0) is 4.79 Å². The van der Waals surface area contributed by atoms with E-state index in [0.29, 0.717) is 34.1 Å². The molecule has 0 saturated carbocycles. The van der Waals surface area contributed by atoms with E-state index in [-0.39, 0.29) is 17.6 Å². The number of amides is 2. The van der Waals surface area contributed by atoms with E-state index in [1.807, 2.05) is 6.92 Å². The van der Waals surface area contributed by atoms with Crippen LogP contribution >= 0.6 is 0 Å². The van der Waals surface area contributed by atoms with E-state index in [0.717, 1.165) is 5.56 Å². The van der Waals surface area contributed by atoms with Crippen LogP contribution in [0.3, 0.4) is 0 Å².